The minimum atomic E-state index is -0.765. The molecule has 1 N–H and O–H groups in total. The largest absolute Gasteiger partial charge is 0.482 e. The molecule has 0 saturated heterocycles. The average Bonchev–Trinajstić information content (AvgIpc) is 2.80. The highest BCUT2D eigenvalue weighted by Crippen LogP contribution is 2.35. The summed E-state index contributed by atoms with van der Waals surface area (Å²) < 4.78 is 11.5. The molecule has 0 aliphatic carbocycles. The molecule has 2 atom stereocenters. The summed E-state index contributed by atoms with van der Waals surface area (Å²) in [5, 5.41) is 12.6. The Hall–Kier alpha value is -2.52. The van der Waals surface area contributed by atoms with Crippen LogP contribution in [0.25, 0.3) is 0 Å². The Morgan fingerprint density at radius 1 is 1.26 bits per heavy atom. The summed E-state index contributed by atoms with van der Waals surface area (Å²) in [6.07, 6.45) is -1.18. The lowest BCUT2D eigenvalue weighted by molar-refractivity contribution is -0.127. The number of carbonyl (C=O) groups excluding carboxylic acids is 1. The van der Waals surface area contributed by atoms with Crippen molar-refractivity contribution in [2.45, 2.75) is 33.0 Å². The number of para-hydroxylation sites is 2. The van der Waals surface area contributed by atoms with E-state index in [2.05, 4.69) is 11.4 Å². The number of hydrogen-bond acceptors (Lipinski definition) is 5. The van der Waals surface area contributed by atoms with Gasteiger partial charge < -0.3 is 14.8 Å². The lowest BCUT2D eigenvalue weighted by Gasteiger charge is -2.30. The van der Waals surface area contributed by atoms with Gasteiger partial charge in [-0.05, 0) is 38.5 Å². The fourth-order valence-corrected chi connectivity index (χ4v) is 3.45. The minimum Gasteiger partial charge on any atom is -0.482 e. The van der Waals surface area contributed by atoms with Gasteiger partial charge in [0.15, 0.2) is 11.5 Å². The minimum absolute atomic E-state index is 0.315. The van der Waals surface area contributed by atoms with Gasteiger partial charge >= 0.3 is 0 Å². The third kappa shape index (κ3) is 2.76. The monoisotopic (exact) mass is 328 g/mol. The Kier molecular flexibility index (Phi) is 3.97. The quantitative estimate of drug-likeness (QED) is 0.917. The lowest BCUT2D eigenvalue weighted by atomic mass is 10.1. The predicted molar refractivity (Wildman–Crippen MR) is 88.1 cm³/mol. The first-order valence-electron chi connectivity index (χ1n) is 7.24. The maximum atomic E-state index is 12.6. The van der Waals surface area contributed by atoms with E-state index < -0.39 is 12.2 Å². The van der Waals surface area contributed by atoms with Crippen LogP contribution in [0.2, 0.25) is 0 Å². The van der Waals surface area contributed by atoms with E-state index >= 15 is 0 Å². The maximum absolute atomic E-state index is 12.6. The van der Waals surface area contributed by atoms with Crippen LogP contribution < -0.4 is 14.8 Å². The molecule has 0 spiro atoms. The molecule has 1 amide bonds. The highest BCUT2D eigenvalue weighted by molar-refractivity contribution is 7.16. The summed E-state index contributed by atoms with van der Waals surface area (Å²) in [7, 11) is 0. The average molecular weight is 328 g/mol. The van der Waals surface area contributed by atoms with E-state index in [0.29, 0.717) is 22.1 Å². The van der Waals surface area contributed by atoms with Crippen LogP contribution in [0.5, 0.6) is 11.5 Å². The Labute approximate surface area is 138 Å². The van der Waals surface area contributed by atoms with Gasteiger partial charge in [0.05, 0.1) is 5.56 Å². The van der Waals surface area contributed by atoms with Crippen molar-refractivity contribution in [2.24, 2.45) is 0 Å². The fraction of sp³-hybridized carbons (Fsp3) is 0.294. The first-order chi connectivity index (χ1) is 11.0. The SMILES string of the molecule is Cc1sc(NC(=O)C2Oc3ccccc3OC2C)c(C#N)c1C. The van der Waals surface area contributed by atoms with Gasteiger partial charge in [-0.15, -0.1) is 11.3 Å². The molecule has 0 radical (unpaired) electrons. The van der Waals surface area contributed by atoms with E-state index in [0.717, 1.165) is 10.4 Å². The molecule has 23 heavy (non-hydrogen) atoms. The molecule has 2 unspecified atom stereocenters. The van der Waals surface area contributed by atoms with E-state index in [1.54, 1.807) is 19.1 Å². The normalized spacial score (nSPS) is 19.0. The zero-order valence-electron chi connectivity index (χ0n) is 13.0. The molecule has 1 aliphatic rings. The number of hydrogen-bond donors (Lipinski definition) is 1. The lowest BCUT2D eigenvalue weighted by Crippen LogP contribution is -2.46. The Morgan fingerprint density at radius 2 is 1.91 bits per heavy atom. The first kappa shape index (κ1) is 15.4. The van der Waals surface area contributed by atoms with Gasteiger partial charge in [0.2, 0.25) is 6.10 Å². The van der Waals surface area contributed by atoms with E-state index in [1.807, 2.05) is 26.0 Å². The topological polar surface area (TPSA) is 71.3 Å². The van der Waals surface area contributed by atoms with Crippen molar-refractivity contribution in [3.05, 3.63) is 40.3 Å². The fourth-order valence-electron chi connectivity index (χ4n) is 2.44. The van der Waals surface area contributed by atoms with Gasteiger partial charge in [-0.2, -0.15) is 5.26 Å². The molecule has 5 nitrogen and oxygen atoms in total. The second-order valence-electron chi connectivity index (χ2n) is 5.40. The molecule has 6 heteroatoms. The predicted octanol–water partition coefficient (Wildman–Crippen LogP) is 3.40. The number of ether oxygens (including phenoxy) is 2. The molecule has 3 rings (SSSR count). The van der Waals surface area contributed by atoms with Crippen molar-refractivity contribution in [3.8, 4) is 17.6 Å². The maximum Gasteiger partial charge on any atom is 0.270 e. The molecule has 0 saturated carbocycles. The molecule has 1 aromatic carbocycles. The van der Waals surface area contributed by atoms with Gasteiger partial charge in [-0.3, -0.25) is 4.79 Å². The van der Waals surface area contributed by atoms with Crippen LogP contribution in [0.4, 0.5) is 5.00 Å². The van der Waals surface area contributed by atoms with Crippen LogP contribution in [0, 0.1) is 25.2 Å². The summed E-state index contributed by atoms with van der Waals surface area (Å²) >= 11 is 1.39. The summed E-state index contributed by atoms with van der Waals surface area (Å²) in [6.45, 7) is 5.59. The number of fused-ring (bicyclic) bond motifs is 1. The standard InChI is InChI=1S/C17H16N2O3S/c1-9-11(3)23-17(12(9)8-18)19-16(20)15-10(2)21-13-6-4-5-7-14(13)22-15/h4-7,10,15H,1-3H3,(H,19,20). The zero-order valence-corrected chi connectivity index (χ0v) is 13.9. The summed E-state index contributed by atoms with van der Waals surface area (Å²) in [6, 6.07) is 9.39. The number of thiophene rings is 1. The molecule has 2 aromatic rings. The van der Waals surface area contributed by atoms with Gasteiger partial charge in [-0.25, -0.2) is 0 Å². The number of nitrogens with zero attached hydrogens (tertiary/aromatic N) is 1. The molecular weight excluding hydrogens is 312 g/mol. The highest BCUT2D eigenvalue weighted by atomic mass is 32.1. The van der Waals surface area contributed by atoms with Crippen LogP contribution in [0.1, 0.15) is 22.9 Å². The van der Waals surface area contributed by atoms with Crippen LogP contribution in [-0.2, 0) is 4.79 Å². The first-order valence-corrected chi connectivity index (χ1v) is 8.06. The van der Waals surface area contributed by atoms with Crippen LogP contribution >= 0.6 is 11.3 Å². The number of anilines is 1. The van der Waals surface area contributed by atoms with E-state index in [-0.39, 0.29) is 5.91 Å². The number of nitrogens with one attached hydrogen (secondary N) is 1. The van der Waals surface area contributed by atoms with Crippen molar-refractivity contribution in [3.63, 3.8) is 0 Å². The van der Waals surface area contributed by atoms with E-state index in [4.69, 9.17) is 9.47 Å². The number of nitriles is 1. The van der Waals surface area contributed by atoms with E-state index in [1.165, 1.54) is 11.3 Å². The zero-order chi connectivity index (χ0) is 16.6. The van der Waals surface area contributed by atoms with Gasteiger partial charge in [0.1, 0.15) is 17.2 Å². The smallest absolute Gasteiger partial charge is 0.270 e. The third-order valence-electron chi connectivity index (χ3n) is 3.83. The van der Waals surface area contributed by atoms with Gasteiger partial charge in [0, 0.05) is 4.88 Å². The van der Waals surface area contributed by atoms with Gasteiger partial charge in [-0.1, -0.05) is 12.1 Å². The third-order valence-corrected chi connectivity index (χ3v) is 4.96. The molecule has 2 heterocycles. The molecule has 1 aromatic heterocycles. The van der Waals surface area contributed by atoms with E-state index in [9.17, 15) is 10.1 Å². The van der Waals surface area contributed by atoms with Crippen molar-refractivity contribution < 1.29 is 14.3 Å². The van der Waals surface area contributed by atoms with Crippen molar-refractivity contribution in [1.29, 1.82) is 5.26 Å². The molecule has 1 aliphatic heterocycles. The molecule has 0 fully saturated rings. The van der Waals surface area contributed by atoms with Gasteiger partial charge in [0.25, 0.3) is 5.91 Å². The van der Waals surface area contributed by atoms with Crippen LogP contribution in [0.15, 0.2) is 24.3 Å². The number of amides is 1. The number of rotatable bonds is 2. The van der Waals surface area contributed by atoms with Crippen molar-refractivity contribution >= 4 is 22.2 Å². The Balaban J connectivity index is 1.82. The van der Waals surface area contributed by atoms with Crippen molar-refractivity contribution in [2.75, 3.05) is 5.32 Å². The molecule has 0 bridgehead atoms. The van der Waals surface area contributed by atoms with Crippen LogP contribution in [0.3, 0.4) is 0 Å². The summed E-state index contributed by atoms with van der Waals surface area (Å²) in [4.78, 5) is 13.6. The van der Waals surface area contributed by atoms with Crippen LogP contribution in [-0.4, -0.2) is 18.1 Å². The summed E-state index contributed by atoms with van der Waals surface area (Å²) in [5.74, 6) is 0.860. The Bertz CT molecular complexity index is 807. The molecular formula is C17H16N2O3S. The molecule has 118 valence electrons. The number of aryl methyl sites for hydroxylation is 1. The second-order valence-corrected chi connectivity index (χ2v) is 6.62. The number of carbonyl (C=O) groups is 1. The highest BCUT2D eigenvalue weighted by Gasteiger charge is 2.34. The number of benzene rings is 1. The second kappa shape index (κ2) is 5.94. The summed E-state index contributed by atoms with van der Waals surface area (Å²) in [5.41, 5.74) is 1.40. The van der Waals surface area contributed by atoms with Crippen molar-refractivity contribution in [1.82, 2.24) is 0 Å². The Morgan fingerprint density at radius 3 is 2.57 bits per heavy atom.